The van der Waals surface area contributed by atoms with Crippen molar-refractivity contribution >= 4 is 17.7 Å². The number of hydrogen-bond donors (Lipinski definition) is 1. The fourth-order valence-corrected chi connectivity index (χ4v) is 3.70. The minimum absolute atomic E-state index is 0.210. The molecule has 2 atom stereocenters. The molecule has 2 aromatic rings. The first-order valence-electron chi connectivity index (χ1n) is 10.7. The lowest BCUT2D eigenvalue weighted by Crippen LogP contribution is -2.47. The van der Waals surface area contributed by atoms with E-state index in [4.69, 9.17) is 14.6 Å². The minimum atomic E-state index is -5.08. The fourth-order valence-electron chi connectivity index (χ4n) is 3.70. The van der Waals surface area contributed by atoms with Crippen LogP contribution in [0.4, 0.5) is 24.9 Å². The molecule has 9 nitrogen and oxygen atoms in total. The van der Waals surface area contributed by atoms with Crippen LogP contribution in [0.5, 0.6) is 0 Å². The third-order valence-corrected chi connectivity index (χ3v) is 5.58. The molecule has 2 aliphatic heterocycles. The molecule has 0 amide bonds. The second-order valence-corrected chi connectivity index (χ2v) is 7.93. The number of rotatable bonds is 3. The summed E-state index contributed by atoms with van der Waals surface area (Å²) in [5, 5.41) is 15.7. The summed E-state index contributed by atoms with van der Waals surface area (Å²) < 4.78 is 37.9. The summed E-state index contributed by atoms with van der Waals surface area (Å²) in [6.07, 6.45) is 1.02. The van der Waals surface area contributed by atoms with Gasteiger partial charge in [0.1, 0.15) is 0 Å². The lowest BCUT2D eigenvalue weighted by Gasteiger charge is -2.38. The van der Waals surface area contributed by atoms with E-state index in [0.717, 1.165) is 56.5 Å². The molecule has 0 bridgehead atoms. The van der Waals surface area contributed by atoms with Crippen molar-refractivity contribution in [3.8, 4) is 0 Å². The van der Waals surface area contributed by atoms with Crippen molar-refractivity contribution in [1.82, 2.24) is 20.2 Å². The van der Waals surface area contributed by atoms with Crippen LogP contribution in [0.2, 0.25) is 0 Å². The summed E-state index contributed by atoms with van der Waals surface area (Å²) in [6, 6.07) is 4.08. The number of aliphatic carboxylic acids is 1. The van der Waals surface area contributed by atoms with Crippen LogP contribution >= 0.6 is 0 Å². The molecule has 4 heterocycles. The number of carboxylic acid groups (broad SMARTS) is 1. The topological polar surface area (TPSA) is 105 Å². The number of piperidine rings is 1. The van der Waals surface area contributed by atoms with Gasteiger partial charge in [0, 0.05) is 44.5 Å². The molecule has 2 aliphatic rings. The van der Waals surface area contributed by atoms with Gasteiger partial charge in [-0.15, -0.1) is 5.10 Å². The smallest absolute Gasteiger partial charge is 0.475 e. The molecule has 1 N–H and O–H groups in total. The monoisotopic (exact) mass is 468 g/mol. The SMILES string of the molecule is CCc1cnc(N2CC[C@@H]3CN(c4ccc(C)nn4)CCO[C@@H]3C2)nc1.O=C(O)C(F)(F)F. The summed E-state index contributed by atoms with van der Waals surface area (Å²) in [6.45, 7) is 8.42. The highest BCUT2D eigenvalue weighted by molar-refractivity contribution is 5.73. The zero-order valence-corrected chi connectivity index (χ0v) is 18.5. The van der Waals surface area contributed by atoms with E-state index in [1.165, 1.54) is 5.56 Å². The predicted molar refractivity (Wildman–Crippen MR) is 114 cm³/mol. The van der Waals surface area contributed by atoms with Crippen molar-refractivity contribution in [2.24, 2.45) is 5.92 Å². The Hall–Kier alpha value is -3.02. The number of carboxylic acids is 1. The van der Waals surface area contributed by atoms with Crippen LogP contribution in [-0.4, -0.2) is 76.3 Å². The maximum atomic E-state index is 10.6. The number of aryl methyl sites for hydroxylation is 2. The Morgan fingerprint density at radius 2 is 1.85 bits per heavy atom. The lowest BCUT2D eigenvalue weighted by atomic mass is 9.93. The second-order valence-electron chi connectivity index (χ2n) is 7.93. The molecular formula is C21H27F3N6O3. The van der Waals surface area contributed by atoms with E-state index < -0.39 is 12.1 Å². The van der Waals surface area contributed by atoms with Crippen LogP contribution in [-0.2, 0) is 16.0 Å². The average molecular weight is 468 g/mol. The standard InChI is InChI=1S/C19H26N6O.C2HF3O2/c1-3-15-10-20-19(21-11-15)25-7-6-16-12-24(8-9-26-17(16)13-25)18-5-4-14(2)22-23-18;3-2(4,5)1(6)7/h4-5,10-11,16-17H,3,6-9,12-13H2,1-2H3;(H,6,7)/t16-,17-;/m1./s1. The quantitative estimate of drug-likeness (QED) is 0.727. The number of hydrogen-bond acceptors (Lipinski definition) is 8. The van der Waals surface area contributed by atoms with E-state index in [1.54, 1.807) is 0 Å². The zero-order chi connectivity index (χ0) is 24.0. The molecule has 2 saturated heterocycles. The number of carbonyl (C=O) groups is 1. The van der Waals surface area contributed by atoms with Gasteiger partial charge in [-0.1, -0.05) is 6.92 Å². The van der Waals surface area contributed by atoms with Gasteiger partial charge in [0.25, 0.3) is 0 Å². The van der Waals surface area contributed by atoms with Crippen molar-refractivity contribution in [3.63, 3.8) is 0 Å². The largest absolute Gasteiger partial charge is 0.490 e. The molecule has 0 unspecified atom stereocenters. The van der Waals surface area contributed by atoms with Crippen molar-refractivity contribution in [2.45, 2.75) is 39.0 Å². The normalized spacial score (nSPS) is 20.9. The Balaban J connectivity index is 0.000000383. The van der Waals surface area contributed by atoms with Gasteiger partial charge in [-0.3, -0.25) is 0 Å². The number of nitrogens with zero attached hydrogens (tertiary/aromatic N) is 6. The zero-order valence-electron chi connectivity index (χ0n) is 18.5. The summed E-state index contributed by atoms with van der Waals surface area (Å²) in [7, 11) is 0. The molecule has 180 valence electrons. The van der Waals surface area contributed by atoms with Crippen LogP contribution in [0.25, 0.3) is 0 Å². The van der Waals surface area contributed by atoms with E-state index in [2.05, 4.69) is 43.0 Å². The Bertz CT molecular complexity index is 911. The lowest BCUT2D eigenvalue weighted by molar-refractivity contribution is -0.192. The molecule has 0 radical (unpaired) electrons. The maximum absolute atomic E-state index is 10.6. The van der Waals surface area contributed by atoms with Crippen LogP contribution < -0.4 is 9.80 Å². The van der Waals surface area contributed by atoms with Crippen LogP contribution in [0.15, 0.2) is 24.5 Å². The molecule has 0 aromatic carbocycles. The molecule has 4 rings (SSSR count). The Morgan fingerprint density at radius 3 is 2.42 bits per heavy atom. The number of fused-ring (bicyclic) bond motifs is 1. The first-order valence-corrected chi connectivity index (χ1v) is 10.7. The Morgan fingerprint density at radius 1 is 1.15 bits per heavy atom. The van der Waals surface area contributed by atoms with Gasteiger partial charge in [-0.2, -0.15) is 18.3 Å². The van der Waals surface area contributed by atoms with Crippen molar-refractivity contribution in [2.75, 3.05) is 42.6 Å². The Labute approximate surface area is 189 Å². The summed E-state index contributed by atoms with van der Waals surface area (Å²) in [5.74, 6) is -0.505. The maximum Gasteiger partial charge on any atom is 0.490 e. The van der Waals surface area contributed by atoms with Crippen molar-refractivity contribution in [1.29, 1.82) is 0 Å². The highest BCUT2D eigenvalue weighted by atomic mass is 19.4. The first kappa shape index (κ1) is 24.6. The minimum Gasteiger partial charge on any atom is -0.475 e. The fraction of sp³-hybridized carbons (Fsp3) is 0.571. The van der Waals surface area contributed by atoms with Gasteiger partial charge in [-0.25, -0.2) is 14.8 Å². The molecule has 0 saturated carbocycles. The number of aromatic nitrogens is 4. The average Bonchev–Trinajstić information content (AvgIpc) is 3.01. The molecular weight excluding hydrogens is 441 g/mol. The molecule has 12 heteroatoms. The predicted octanol–water partition coefficient (Wildman–Crippen LogP) is 2.50. The summed E-state index contributed by atoms with van der Waals surface area (Å²) >= 11 is 0. The van der Waals surface area contributed by atoms with Gasteiger partial charge in [0.2, 0.25) is 5.95 Å². The van der Waals surface area contributed by atoms with Crippen LogP contribution in [0.3, 0.4) is 0 Å². The summed E-state index contributed by atoms with van der Waals surface area (Å²) in [4.78, 5) is 22.5. The van der Waals surface area contributed by atoms with E-state index in [-0.39, 0.29) is 6.10 Å². The van der Waals surface area contributed by atoms with Crippen molar-refractivity contribution < 1.29 is 27.8 Å². The van der Waals surface area contributed by atoms with Crippen LogP contribution in [0, 0.1) is 12.8 Å². The number of halogens is 3. The van der Waals surface area contributed by atoms with Crippen molar-refractivity contribution in [3.05, 3.63) is 35.8 Å². The first-order chi connectivity index (χ1) is 15.7. The molecule has 33 heavy (non-hydrogen) atoms. The van der Waals surface area contributed by atoms with Gasteiger partial charge in [0.05, 0.1) is 18.4 Å². The van der Waals surface area contributed by atoms with E-state index in [9.17, 15) is 13.2 Å². The highest BCUT2D eigenvalue weighted by Crippen LogP contribution is 2.27. The molecule has 2 aromatic heterocycles. The van der Waals surface area contributed by atoms with E-state index in [1.807, 2.05) is 25.4 Å². The number of ether oxygens (including phenoxy) is 1. The third kappa shape index (κ3) is 6.73. The molecule has 0 spiro atoms. The van der Waals surface area contributed by atoms with Gasteiger partial charge in [-0.05, 0) is 37.5 Å². The van der Waals surface area contributed by atoms with E-state index in [0.29, 0.717) is 12.5 Å². The number of alkyl halides is 3. The Kier molecular flexibility index (Phi) is 8.01. The second kappa shape index (κ2) is 10.7. The highest BCUT2D eigenvalue weighted by Gasteiger charge is 2.38. The van der Waals surface area contributed by atoms with Gasteiger partial charge in [0.15, 0.2) is 5.82 Å². The summed E-state index contributed by atoms with van der Waals surface area (Å²) in [5.41, 5.74) is 2.12. The van der Waals surface area contributed by atoms with Gasteiger partial charge >= 0.3 is 12.1 Å². The van der Waals surface area contributed by atoms with Crippen LogP contribution in [0.1, 0.15) is 24.6 Å². The van der Waals surface area contributed by atoms with E-state index >= 15 is 0 Å². The molecule has 0 aliphatic carbocycles. The third-order valence-electron chi connectivity index (χ3n) is 5.58. The number of anilines is 2. The van der Waals surface area contributed by atoms with Gasteiger partial charge < -0.3 is 19.6 Å². The molecule has 2 fully saturated rings.